The highest BCUT2D eigenvalue weighted by atomic mass is 16.4. The van der Waals surface area contributed by atoms with Crippen molar-refractivity contribution in [2.24, 2.45) is 5.92 Å². The number of benzene rings is 1. The van der Waals surface area contributed by atoms with E-state index in [1.54, 1.807) is 24.5 Å². The number of hydrogen-bond acceptors (Lipinski definition) is 5. The van der Waals surface area contributed by atoms with Gasteiger partial charge < -0.3 is 15.0 Å². The highest BCUT2D eigenvalue weighted by Crippen LogP contribution is 2.27. The first kappa shape index (κ1) is 25.8. The van der Waals surface area contributed by atoms with Gasteiger partial charge in [0, 0.05) is 24.0 Å². The summed E-state index contributed by atoms with van der Waals surface area (Å²) in [6.07, 6.45) is 3.20. The molecule has 3 aromatic rings. The number of nitrogens with one attached hydrogen (secondary N) is 1. The lowest BCUT2D eigenvalue weighted by atomic mass is 9.99. The van der Waals surface area contributed by atoms with E-state index < -0.39 is 24.0 Å². The van der Waals surface area contributed by atoms with Crippen LogP contribution >= 0.6 is 0 Å². The molecule has 0 aliphatic rings. The third-order valence-corrected chi connectivity index (χ3v) is 5.86. The van der Waals surface area contributed by atoms with Crippen molar-refractivity contribution >= 4 is 11.9 Å². The number of pyridine rings is 1. The lowest BCUT2D eigenvalue weighted by molar-refractivity contribution is -0.138. The van der Waals surface area contributed by atoms with Crippen LogP contribution in [0.5, 0.6) is 0 Å². The van der Waals surface area contributed by atoms with Crippen molar-refractivity contribution in [3.63, 3.8) is 0 Å². The molecule has 2 atom stereocenters. The van der Waals surface area contributed by atoms with Gasteiger partial charge in [0.15, 0.2) is 5.82 Å². The number of amides is 1. The molecule has 1 aromatic carbocycles. The van der Waals surface area contributed by atoms with Gasteiger partial charge >= 0.3 is 5.97 Å². The number of hydrogen-bond donors (Lipinski definition) is 2. The van der Waals surface area contributed by atoms with Gasteiger partial charge in [0.05, 0.1) is 18.2 Å². The SMILES string of the molecule is Cc1ccn([C@H](CC(C)C)C(=O)N[C@H](CC(=O)O)c2nccc(-c3c(C)cccc3C)n2)c(=O)c1. The fraction of sp³-hybridized carbons (Fsp3) is 0.370. The number of nitrogens with zero attached hydrogens (tertiary/aromatic N) is 3. The summed E-state index contributed by atoms with van der Waals surface area (Å²) in [5, 5.41) is 12.4. The van der Waals surface area contributed by atoms with Gasteiger partial charge in [-0.15, -0.1) is 0 Å². The van der Waals surface area contributed by atoms with E-state index in [1.807, 2.05) is 52.8 Å². The second-order valence-corrected chi connectivity index (χ2v) is 9.32. The predicted molar refractivity (Wildman–Crippen MR) is 134 cm³/mol. The van der Waals surface area contributed by atoms with Crippen LogP contribution in [-0.4, -0.2) is 31.5 Å². The zero-order chi connectivity index (χ0) is 25.7. The van der Waals surface area contributed by atoms with E-state index in [2.05, 4.69) is 15.3 Å². The van der Waals surface area contributed by atoms with E-state index in [0.29, 0.717) is 12.1 Å². The summed E-state index contributed by atoms with van der Waals surface area (Å²) < 4.78 is 1.40. The molecule has 1 amide bonds. The van der Waals surface area contributed by atoms with Crippen LogP contribution in [0.3, 0.4) is 0 Å². The maximum absolute atomic E-state index is 13.4. The minimum absolute atomic E-state index is 0.125. The van der Waals surface area contributed by atoms with E-state index in [9.17, 15) is 19.5 Å². The van der Waals surface area contributed by atoms with Gasteiger partial charge in [-0.2, -0.15) is 0 Å². The molecule has 0 bridgehead atoms. The van der Waals surface area contributed by atoms with Crippen molar-refractivity contribution in [1.82, 2.24) is 19.9 Å². The zero-order valence-electron chi connectivity index (χ0n) is 20.8. The number of rotatable bonds is 9. The summed E-state index contributed by atoms with van der Waals surface area (Å²) in [6.45, 7) is 9.70. The van der Waals surface area contributed by atoms with Crippen LogP contribution in [-0.2, 0) is 9.59 Å². The van der Waals surface area contributed by atoms with Crippen molar-refractivity contribution in [2.45, 2.75) is 59.5 Å². The second kappa shape index (κ2) is 11.1. The van der Waals surface area contributed by atoms with Crippen LogP contribution in [0.4, 0.5) is 0 Å². The number of carbonyl (C=O) groups excluding carboxylic acids is 1. The minimum Gasteiger partial charge on any atom is -0.481 e. The van der Waals surface area contributed by atoms with Crippen LogP contribution in [0.15, 0.2) is 53.6 Å². The van der Waals surface area contributed by atoms with Crippen molar-refractivity contribution in [3.05, 3.63) is 81.7 Å². The Labute approximate surface area is 205 Å². The summed E-state index contributed by atoms with van der Waals surface area (Å²) in [5.41, 5.74) is 4.18. The zero-order valence-corrected chi connectivity index (χ0v) is 20.8. The Bertz CT molecular complexity index is 1260. The molecule has 0 saturated carbocycles. The molecule has 0 fully saturated rings. The Kier molecular flexibility index (Phi) is 8.17. The number of aliphatic carboxylic acids is 1. The lowest BCUT2D eigenvalue weighted by Crippen LogP contribution is -2.40. The second-order valence-electron chi connectivity index (χ2n) is 9.32. The number of carboxylic acid groups (broad SMARTS) is 1. The number of aromatic nitrogens is 3. The van der Waals surface area contributed by atoms with E-state index in [0.717, 1.165) is 22.3 Å². The molecular formula is C27H32N4O4. The predicted octanol–water partition coefficient (Wildman–Crippen LogP) is 4.15. The molecule has 2 aromatic heterocycles. The molecular weight excluding hydrogens is 444 g/mol. The van der Waals surface area contributed by atoms with E-state index in [1.165, 1.54) is 10.6 Å². The standard InChI is InChI=1S/C27H32N4O4/c1-16(2)13-22(31-12-10-17(3)14-23(31)32)27(35)30-21(15-24(33)34)26-28-11-9-20(29-26)25-18(4)7-6-8-19(25)5/h6-12,14,16,21-22H,13,15H2,1-5H3,(H,30,35)(H,33,34)/t21-,22-/m1/s1. The van der Waals surface area contributed by atoms with Gasteiger partial charge in [-0.3, -0.25) is 14.4 Å². The Morgan fingerprint density at radius 1 is 1.09 bits per heavy atom. The highest BCUT2D eigenvalue weighted by molar-refractivity contribution is 5.81. The monoisotopic (exact) mass is 476 g/mol. The Hall–Kier alpha value is -3.81. The number of carbonyl (C=O) groups is 2. The third kappa shape index (κ3) is 6.41. The normalized spacial score (nSPS) is 12.9. The molecule has 0 spiro atoms. The van der Waals surface area contributed by atoms with Gasteiger partial charge in [-0.05, 0) is 61.9 Å². The molecule has 2 N–H and O–H groups in total. The fourth-order valence-corrected chi connectivity index (χ4v) is 4.19. The topological polar surface area (TPSA) is 114 Å². The lowest BCUT2D eigenvalue weighted by Gasteiger charge is -2.24. The van der Waals surface area contributed by atoms with Crippen LogP contribution in [0.2, 0.25) is 0 Å². The van der Waals surface area contributed by atoms with Crippen LogP contribution in [0, 0.1) is 26.7 Å². The molecule has 3 rings (SSSR count). The summed E-state index contributed by atoms with van der Waals surface area (Å²) in [4.78, 5) is 46.7. The molecule has 8 heteroatoms. The van der Waals surface area contributed by atoms with Gasteiger partial charge in [-0.25, -0.2) is 9.97 Å². The van der Waals surface area contributed by atoms with E-state index in [4.69, 9.17) is 0 Å². The Balaban J connectivity index is 1.98. The highest BCUT2D eigenvalue weighted by Gasteiger charge is 2.28. The van der Waals surface area contributed by atoms with E-state index >= 15 is 0 Å². The van der Waals surface area contributed by atoms with Crippen molar-refractivity contribution in [3.8, 4) is 11.3 Å². The average molecular weight is 477 g/mol. The summed E-state index contributed by atoms with van der Waals surface area (Å²) in [7, 11) is 0. The maximum atomic E-state index is 13.4. The Morgan fingerprint density at radius 3 is 2.37 bits per heavy atom. The van der Waals surface area contributed by atoms with Gasteiger partial charge in [0.25, 0.3) is 5.56 Å². The van der Waals surface area contributed by atoms with E-state index in [-0.39, 0.29) is 23.7 Å². The summed E-state index contributed by atoms with van der Waals surface area (Å²) in [5.74, 6) is -1.21. The fourth-order valence-electron chi connectivity index (χ4n) is 4.19. The largest absolute Gasteiger partial charge is 0.481 e. The first-order valence-electron chi connectivity index (χ1n) is 11.7. The summed E-state index contributed by atoms with van der Waals surface area (Å²) >= 11 is 0. The van der Waals surface area contributed by atoms with Crippen LogP contribution < -0.4 is 10.9 Å². The van der Waals surface area contributed by atoms with Gasteiger partial charge in [0.1, 0.15) is 6.04 Å². The van der Waals surface area contributed by atoms with Gasteiger partial charge in [-0.1, -0.05) is 32.0 Å². The maximum Gasteiger partial charge on any atom is 0.305 e. The van der Waals surface area contributed by atoms with Crippen molar-refractivity contribution in [1.29, 1.82) is 0 Å². The summed E-state index contributed by atoms with van der Waals surface area (Å²) in [6, 6.07) is 9.20. The number of aryl methyl sites for hydroxylation is 3. The molecule has 0 aliphatic heterocycles. The molecule has 184 valence electrons. The van der Waals surface area contributed by atoms with Crippen LogP contribution in [0.1, 0.15) is 61.3 Å². The molecule has 2 heterocycles. The first-order chi connectivity index (χ1) is 16.6. The number of carboxylic acids is 1. The van der Waals surface area contributed by atoms with Gasteiger partial charge in [0.2, 0.25) is 5.91 Å². The Morgan fingerprint density at radius 2 is 1.77 bits per heavy atom. The van der Waals surface area contributed by atoms with Crippen molar-refractivity contribution < 1.29 is 14.7 Å². The molecule has 35 heavy (non-hydrogen) atoms. The molecule has 0 saturated heterocycles. The first-order valence-corrected chi connectivity index (χ1v) is 11.7. The molecule has 8 nitrogen and oxygen atoms in total. The molecule has 0 unspecified atom stereocenters. The smallest absolute Gasteiger partial charge is 0.305 e. The minimum atomic E-state index is -1.09. The van der Waals surface area contributed by atoms with Crippen molar-refractivity contribution in [2.75, 3.05) is 0 Å². The third-order valence-electron chi connectivity index (χ3n) is 5.86. The molecule has 0 aliphatic carbocycles. The van der Waals surface area contributed by atoms with Crippen LogP contribution in [0.25, 0.3) is 11.3 Å². The molecule has 0 radical (unpaired) electrons. The quantitative estimate of drug-likeness (QED) is 0.480. The average Bonchev–Trinajstić information content (AvgIpc) is 2.77.